The SMILES string of the molecule is CCN[C@@H](CS)C(=O)C[C@H](CS)C(=O)NC. The molecule has 4 nitrogen and oxygen atoms in total. The van der Waals surface area contributed by atoms with E-state index in [4.69, 9.17) is 0 Å². The van der Waals surface area contributed by atoms with E-state index in [0.717, 1.165) is 0 Å². The van der Waals surface area contributed by atoms with E-state index in [1.165, 1.54) is 0 Å². The van der Waals surface area contributed by atoms with Crippen molar-refractivity contribution in [1.29, 1.82) is 0 Å². The highest BCUT2D eigenvalue weighted by molar-refractivity contribution is 7.80. The van der Waals surface area contributed by atoms with Gasteiger partial charge in [0.15, 0.2) is 5.78 Å². The van der Waals surface area contributed by atoms with Crippen LogP contribution in [0.1, 0.15) is 13.3 Å². The minimum atomic E-state index is -0.359. The Kier molecular flexibility index (Phi) is 8.78. The molecule has 0 heterocycles. The fraction of sp³-hybridized carbons (Fsp3) is 0.800. The van der Waals surface area contributed by atoms with Crippen molar-refractivity contribution >= 4 is 36.9 Å². The molecule has 0 bridgehead atoms. The Bertz CT molecular complexity index is 237. The van der Waals surface area contributed by atoms with Crippen molar-refractivity contribution in [1.82, 2.24) is 10.6 Å². The molecule has 0 radical (unpaired) electrons. The van der Waals surface area contributed by atoms with Crippen molar-refractivity contribution in [3.8, 4) is 0 Å². The van der Waals surface area contributed by atoms with Crippen molar-refractivity contribution < 1.29 is 9.59 Å². The van der Waals surface area contributed by atoms with Gasteiger partial charge in [0.25, 0.3) is 0 Å². The number of carbonyl (C=O) groups is 2. The number of Topliss-reactive ketones (excluding diaryl/α,β-unsaturated/α-hetero) is 1. The van der Waals surface area contributed by atoms with Gasteiger partial charge in [-0.05, 0) is 6.54 Å². The average molecular weight is 264 g/mol. The van der Waals surface area contributed by atoms with Crippen LogP contribution in [0.15, 0.2) is 0 Å². The number of nitrogens with one attached hydrogen (secondary N) is 2. The Hall–Kier alpha value is -0.200. The summed E-state index contributed by atoms with van der Waals surface area (Å²) in [4.78, 5) is 23.2. The molecule has 2 N–H and O–H groups in total. The Morgan fingerprint density at radius 3 is 2.25 bits per heavy atom. The zero-order valence-corrected chi connectivity index (χ0v) is 11.5. The van der Waals surface area contributed by atoms with Crippen LogP contribution in [-0.2, 0) is 9.59 Å². The quantitative estimate of drug-likeness (QED) is 0.472. The number of ketones is 1. The molecule has 0 aliphatic heterocycles. The minimum absolute atomic E-state index is 0.0134. The van der Waals surface area contributed by atoms with Gasteiger partial charge in [0.1, 0.15) is 0 Å². The van der Waals surface area contributed by atoms with E-state index < -0.39 is 0 Å². The summed E-state index contributed by atoms with van der Waals surface area (Å²) in [5, 5.41) is 5.57. The van der Waals surface area contributed by atoms with Crippen molar-refractivity contribution in [3.63, 3.8) is 0 Å². The molecule has 0 aromatic heterocycles. The summed E-state index contributed by atoms with van der Waals surface area (Å²) in [7, 11) is 1.56. The smallest absolute Gasteiger partial charge is 0.224 e. The first-order valence-corrected chi connectivity index (χ1v) is 6.56. The zero-order valence-electron chi connectivity index (χ0n) is 9.69. The predicted octanol–water partition coefficient (Wildman–Crippen LogP) is 0.146. The maximum atomic E-state index is 11.8. The van der Waals surface area contributed by atoms with Gasteiger partial charge in [-0.25, -0.2) is 0 Å². The average Bonchev–Trinajstić information content (AvgIpc) is 2.31. The van der Waals surface area contributed by atoms with Crippen LogP contribution in [0.2, 0.25) is 0 Å². The fourth-order valence-electron chi connectivity index (χ4n) is 1.36. The van der Waals surface area contributed by atoms with Crippen LogP contribution >= 0.6 is 25.3 Å². The molecule has 0 spiro atoms. The van der Waals surface area contributed by atoms with Crippen LogP contribution in [0.5, 0.6) is 0 Å². The van der Waals surface area contributed by atoms with E-state index in [2.05, 4.69) is 35.9 Å². The maximum Gasteiger partial charge on any atom is 0.224 e. The molecule has 0 fully saturated rings. The molecule has 0 unspecified atom stereocenters. The highest BCUT2D eigenvalue weighted by Crippen LogP contribution is 2.09. The minimum Gasteiger partial charge on any atom is -0.359 e. The topological polar surface area (TPSA) is 58.2 Å². The van der Waals surface area contributed by atoms with E-state index in [1.807, 2.05) is 6.92 Å². The highest BCUT2D eigenvalue weighted by Gasteiger charge is 2.23. The molecule has 0 rings (SSSR count). The number of thiol groups is 2. The van der Waals surface area contributed by atoms with E-state index in [0.29, 0.717) is 18.1 Å². The lowest BCUT2D eigenvalue weighted by molar-refractivity contribution is -0.129. The molecule has 0 aliphatic rings. The molecule has 1 amide bonds. The molecule has 0 saturated heterocycles. The lowest BCUT2D eigenvalue weighted by atomic mass is 10.00. The third-order valence-corrected chi connectivity index (χ3v) is 3.11. The summed E-state index contributed by atoms with van der Waals surface area (Å²) < 4.78 is 0. The standard InChI is InChI=1S/C10H20N2O2S2/c1-3-12-8(6-16)9(13)4-7(5-15)10(14)11-2/h7-8,12,15-16H,3-6H2,1-2H3,(H,11,14)/t7-,8+/m1/s1. The van der Waals surface area contributed by atoms with Crippen molar-refractivity contribution in [2.75, 3.05) is 25.1 Å². The molecular formula is C10H20N2O2S2. The van der Waals surface area contributed by atoms with Crippen LogP contribution in [0, 0.1) is 5.92 Å². The summed E-state index contributed by atoms with van der Waals surface area (Å²) in [6.07, 6.45) is 0.210. The van der Waals surface area contributed by atoms with Gasteiger partial charge < -0.3 is 10.6 Å². The van der Waals surface area contributed by atoms with Crippen LogP contribution < -0.4 is 10.6 Å². The van der Waals surface area contributed by atoms with Crippen molar-refractivity contribution in [2.45, 2.75) is 19.4 Å². The molecule has 0 aliphatic carbocycles. The molecule has 0 aromatic carbocycles. The molecular weight excluding hydrogens is 244 g/mol. The first kappa shape index (κ1) is 15.8. The second-order valence-corrected chi connectivity index (χ2v) is 4.19. The Balaban J connectivity index is 4.32. The lowest BCUT2D eigenvalue weighted by Gasteiger charge is -2.17. The second-order valence-electron chi connectivity index (χ2n) is 3.46. The van der Waals surface area contributed by atoms with Crippen LogP contribution in [-0.4, -0.2) is 42.8 Å². The first-order chi connectivity index (χ1) is 7.60. The second kappa shape index (κ2) is 8.90. The summed E-state index contributed by atoms with van der Waals surface area (Å²) in [6.45, 7) is 2.64. The number of amides is 1. The largest absolute Gasteiger partial charge is 0.359 e. The monoisotopic (exact) mass is 264 g/mol. The normalized spacial score (nSPS) is 14.2. The van der Waals surface area contributed by atoms with Crippen LogP contribution in [0.3, 0.4) is 0 Å². The lowest BCUT2D eigenvalue weighted by Crippen LogP contribution is -2.41. The molecule has 2 atom stereocenters. The molecule has 0 aromatic rings. The third-order valence-electron chi connectivity index (χ3n) is 2.31. The predicted molar refractivity (Wildman–Crippen MR) is 72.4 cm³/mol. The van der Waals surface area contributed by atoms with E-state index in [-0.39, 0.29) is 30.1 Å². The van der Waals surface area contributed by atoms with E-state index in [1.54, 1.807) is 7.05 Å². The first-order valence-electron chi connectivity index (χ1n) is 5.30. The van der Waals surface area contributed by atoms with Gasteiger partial charge in [0.05, 0.1) is 12.0 Å². The molecule has 94 valence electrons. The third kappa shape index (κ3) is 5.23. The Morgan fingerprint density at radius 2 is 1.88 bits per heavy atom. The van der Waals surface area contributed by atoms with Gasteiger partial charge in [-0.1, -0.05) is 6.92 Å². The van der Waals surface area contributed by atoms with Gasteiger partial charge in [-0.2, -0.15) is 25.3 Å². The number of likely N-dealkylation sites (N-methyl/N-ethyl adjacent to an activating group) is 1. The highest BCUT2D eigenvalue weighted by atomic mass is 32.1. The number of carbonyl (C=O) groups excluding carboxylic acids is 2. The van der Waals surface area contributed by atoms with Gasteiger partial charge in [0.2, 0.25) is 5.91 Å². The van der Waals surface area contributed by atoms with Crippen molar-refractivity contribution in [3.05, 3.63) is 0 Å². The van der Waals surface area contributed by atoms with Gasteiger partial charge in [-0.3, -0.25) is 9.59 Å². The summed E-state index contributed by atoms with van der Waals surface area (Å²) >= 11 is 8.19. The van der Waals surface area contributed by atoms with E-state index in [9.17, 15) is 9.59 Å². The van der Waals surface area contributed by atoms with Crippen molar-refractivity contribution in [2.24, 2.45) is 5.92 Å². The molecule has 0 saturated carbocycles. The Morgan fingerprint density at radius 1 is 1.25 bits per heavy atom. The van der Waals surface area contributed by atoms with Gasteiger partial charge >= 0.3 is 0 Å². The number of hydrogen-bond donors (Lipinski definition) is 4. The molecule has 6 heteroatoms. The van der Waals surface area contributed by atoms with E-state index >= 15 is 0 Å². The van der Waals surface area contributed by atoms with Crippen LogP contribution in [0.25, 0.3) is 0 Å². The molecule has 16 heavy (non-hydrogen) atoms. The number of hydrogen-bond acceptors (Lipinski definition) is 5. The van der Waals surface area contributed by atoms with Gasteiger partial charge in [-0.15, -0.1) is 0 Å². The van der Waals surface area contributed by atoms with Gasteiger partial charge in [0, 0.05) is 25.0 Å². The summed E-state index contributed by atoms with van der Waals surface area (Å²) in [5.41, 5.74) is 0. The van der Waals surface area contributed by atoms with Crippen LogP contribution in [0.4, 0.5) is 0 Å². The summed E-state index contributed by atoms with van der Waals surface area (Å²) in [5.74, 6) is 0.329. The summed E-state index contributed by atoms with van der Waals surface area (Å²) in [6, 6.07) is -0.277. The maximum absolute atomic E-state index is 11.8. The Labute approximate surface area is 108 Å². The fourth-order valence-corrected chi connectivity index (χ4v) is 1.98. The number of rotatable bonds is 8. The zero-order chi connectivity index (χ0) is 12.6.